The minimum absolute atomic E-state index is 0.138. The van der Waals surface area contributed by atoms with Gasteiger partial charge in [-0.1, -0.05) is 6.07 Å². The van der Waals surface area contributed by atoms with E-state index in [1.807, 2.05) is 25.1 Å². The van der Waals surface area contributed by atoms with Crippen molar-refractivity contribution in [2.24, 2.45) is 0 Å². The van der Waals surface area contributed by atoms with Crippen molar-refractivity contribution >= 4 is 12.0 Å². The summed E-state index contributed by atoms with van der Waals surface area (Å²) in [6.07, 6.45) is 3.15. The summed E-state index contributed by atoms with van der Waals surface area (Å²) in [6.45, 7) is 2.47. The monoisotopic (exact) mass is 235 g/mol. The maximum Gasteiger partial charge on any atom is 0.243 e. The van der Waals surface area contributed by atoms with Crippen LogP contribution in [0.1, 0.15) is 12.5 Å². The lowest BCUT2D eigenvalue weighted by Crippen LogP contribution is -2.19. The summed E-state index contributed by atoms with van der Waals surface area (Å²) in [6, 6.07) is 5.47. The van der Waals surface area contributed by atoms with Gasteiger partial charge >= 0.3 is 0 Å². The number of likely N-dealkylation sites (N-methyl/N-ethyl adjacent to an activating group) is 1. The highest BCUT2D eigenvalue weighted by Gasteiger charge is 2.06. The van der Waals surface area contributed by atoms with Gasteiger partial charge in [0, 0.05) is 12.6 Å². The van der Waals surface area contributed by atoms with Crippen LogP contribution in [-0.4, -0.2) is 26.7 Å². The molecular weight excluding hydrogens is 218 g/mol. The summed E-state index contributed by atoms with van der Waals surface area (Å²) in [5, 5.41) is 2.68. The first-order chi connectivity index (χ1) is 8.22. The van der Waals surface area contributed by atoms with Crippen LogP contribution in [0.25, 0.3) is 6.08 Å². The normalized spacial score (nSPS) is 10.3. The zero-order valence-corrected chi connectivity index (χ0v) is 10.3. The van der Waals surface area contributed by atoms with Gasteiger partial charge in [-0.3, -0.25) is 4.79 Å². The molecule has 0 fully saturated rings. The van der Waals surface area contributed by atoms with Crippen molar-refractivity contribution in [3.63, 3.8) is 0 Å². The summed E-state index contributed by atoms with van der Waals surface area (Å²) < 4.78 is 10.4. The fourth-order valence-electron chi connectivity index (χ4n) is 1.44. The predicted molar refractivity (Wildman–Crippen MR) is 67.3 cm³/mol. The second-order valence-corrected chi connectivity index (χ2v) is 3.30. The maximum atomic E-state index is 11.3. The molecule has 0 spiro atoms. The van der Waals surface area contributed by atoms with Gasteiger partial charge in [0.15, 0.2) is 0 Å². The average molecular weight is 235 g/mol. The highest BCUT2D eigenvalue weighted by molar-refractivity contribution is 5.92. The third kappa shape index (κ3) is 3.52. The standard InChI is InChI=1S/C13H17NO3/c1-4-14-13(15)9-8-10-11(16-2)6-5-7-12(10)17-3/h5-9H,4H2,1-3H3,(H,14,15). The molecule has 1 rings (SSSR count). The van der Waals surface area contributed by atoms with Crippen molar-refractivity contribution in [1.82, 2.24) is 5.32 Å². The Bertz CT molecular complexity index is 391. The molecule has 1 N–H and O–H groups in total. The maximum absolute atomic E-state index is 11.3. The van der Waals surface area contributed by atoms with Gasteiger partial charge < -0.3 is 14.8 Å². The van der Waals surface area contributed by atoms with Crippen LogP contribution in [0.3, 0.4) is 0 Å². The van der Waals surface area contributed by atoms with Crippen LogP contribution in [0.15, 0.2) is 24.3 Å². The quantitative estimate of drug-likeness (QED) is 0.792. The molecule has 4 nitrogen and oxygen atoms in total. The number of ether oxygens (including phenoxy) is 2. The average Bonchev–Trinajstić information content (AvgIpc) is 2.36. The molecule has 0 unspecified atom stereocenters. The Morgan fingerprint density at radius 2 is 1.88 bits per heavy atom. The number of amides is 1. The number of hydrogen-bond donors (Lipinski definition) is 1. The van der Waals surface area contributed by atoms with E-state index in [0.717, 1.165) is 5.56 Å². The van der Waals surface area contributed by atoms with Crippen LogP contribution in [0, 0.1) is 0 Å². The van der Waals surface area contributed by atoms with E-state index >= 15 is 0 Å². The molecule has 0 radical (unpaired) electrons. The van der Waals surface area contributed by atoms with Gasteiger partial charge in [0.25, 0.3) is 0 Å². The van der Waals surface area contributed by atoms with E-state index < -0.39 is 0 Å². The van der Waals surface area contributed by atoms with Crippen LogP contribution in [0.4, 0.5) is 0 Å². The molecule has 0 atom stereocenters. The Kier molecular flexibility index (Phi) is 5.07. The van der Waals surface area contributed by atoms with E-state index in [0.29, 0.717) is 18.0 Å². The second-order valence-electron chi connectivity index (χ2n) is 3.30. The fourth-order valence-corrected chi connectivity index (χ4v) is 1.44. The molecule has 17 heavy (non-hydrogen) atoms. The Balaban J connectivity index is 2.99. The summed E-state index contributed by atoms with van der Waals surface area (Å²) in [4.78, 5) is 11.3. The fraction of sp³-hybridized carbons (Fsp3) is 0.308. The van der Waals surface area contributed by atoms with Gasteiger partial charge in [0.2, 0.25) is 5.91 Å². The first-order valence-corrected chi connectivity index (χ1v) is 5.39. The third-order valence-corrected chi connectivity index (χ3v) is 2.22. The predicted octanol–water partition coefficient (Wildman–Crippen LogP) is 1.85. The minimum atomic E-state index is -0.138. The topological polar surface area (TPSA) is 47.6 Å². The van der Waals surface area contributed by atoms with Crippen molar-refractivity contribution in [3.8, 4) is 11.5 Å². The lowest BCUT2D eigenvalue weighted by atomic mass is 10.1. The number of carbonyl (C=O) groups excluding carboxylic acids is 1. The molecule has 0 aliphatic carbocycles. The largest absolute Gasteiger partial charge is 0.496 e. The number of nitrogens with one attached hydrogen (secondary N) is 1. The Morgan fingerprint density at radius 3 is 2.35 bits per heavy atom. The molecule has 0 aliphatic heterocycles. The van der Waals surface area contributed by atoms with Crippen LogP contribution >= 0.6 is 0 Å². The summed E-state index contributed by atoms with van der Waals surface area (Å²) in [7, 11) is 3.16. The van der Waals surface area contributed by atoms with E-state index in [2.05, 4.69) is 5.32 Å². The highest BCUT2D eigenvalue weighted by Crippen LogP contribution is 2.29. The lowest BCUT2D eigenvalue weighted by Gasteiger charge is -2.09. The van der Waals surface area contributed by atoms with Gasteiger partial charge in [-0.05, 0) is 25.1 Å². The molecule has 1 aromatic rings. The Morgan fingerprint density at radius 1 is 1.29 bits per heavy atom. The molecule has 4 heteroatoms. The van der Waals surface area contributed by atoms with Gasteiger partial charge in [0.05, 0.1) is 19.8 Å². The zero-order valence-electron chi connectivity index (χ0n) is 10.3. The van der Waals surface area contributed by atoms with Crippen LogP contribution in [-0.2, 0) is 4.79 Å². The molecule has 0 aliphatic rings. The molecule has 1 aromatic carbocycles. The highest BCUT2D eigenvalue weighted by atomic mass is 16.5. The molecular formula is C13H17NO3. The van der Waals surface area contributed by atoms with Crippen molar-refractivity contribution in [3.05, 3.63) is 29.8 Å². The van der Waals surface area contributed by atoms with Crippen LogP contribution in [0.2, 0.25) is 0 Å². The van der Waals surface area contributed by atoms with Gasteiger partial charge in [0.1, 0.15) is 11.5 Å². The van der Waals surface area contributed by atoms with Gasteiger partial charge in [-0.25, -0.2) is 0 Å². The SMILES string of the molecule is CCNC(=O)C=Cc1c(OC)cccc1OC. The van der Waals surface area contributed by atoms with Crippen molar-refractivity contribution in [2.45, 2.75) is 6.92 Å². The molecule has 0 aromatic heterocycles. The van der Waals surface area contributed by atoms with E-state index in [9.17, 15) is 4.79 Å². The molecule has 0 saturated carbocycles. The lowest BCUT2D eigenvalue weighted by molar-refractivity contribution is -0.116. The first kappa shape index (κ1) is 13.1. The van der Waals surface area contributed by atoms with Crippen molar-refractivity contribution < 1.29 is 14.3 Å². The van der Waals surface area contributed by atoms with Crippen molar-refractivity contribution in [1.29, 1.82) is 0 Å². The summed E-state index contributed by atoms with van der Waals surface area (Å²) >= 11 is 0. The first-order valence-electron chi connectivity index (χ1n) is 5.39. The van der Waals surface area contributed by atoms with Gasteiger partial charge in [-0.2, -0.15) is 0 Å². The van der Waals surface area contributed by atoms with E-state index in [-0.39, 0.29) is 5.91 Å². The smallest absolute Gasteiger partial charge is 0.243 e. The number of benzene rings is 1. The zero-order chi connectivity index (χ0) is 12.7. The number of carbonyl (C=O) groups is 1. The summed E-state index contributed by atoms with van der Waals surface area (Å²) in [5.74, 6) is 1.20. The van der Waals surface area contributed by atoms with E-state index in [4.69, 9.17) is 9.47 Å². The number of hydrogen-bond acceptors (Lipinski definition) is 3. The third-order valence-electron chi connectivity index (χ3n) is 2.22. The molecule has 0 heterocycles. The number of rotatable bonds is 5. The Hall–Kier alpha value is -1.97. The van der Waals surface area contributed by atoms with Crippen LogP contribution in [0.5, 0.6) is 11.5 Å². The Labute approximate surface area is 101 Å². The second kappa shape index (κ2) is 6.58. The number of methoxy groups -OCH3 is 2. The summed E-state index contributed by atoms with van der Waals surface area (Å²) in [5.41, 5.74) is 0.753. The molecule has 1 amide bonds. The van der Waals surface area contributed by atoms with Crippen molar-refractivity contribution in [2.75, 3.05) is 20.8 Å². The molecule has 0 bridgehead atoms. The van der Waals surface area contributed by atoms with Crippen LogP contribution < -0.4 is 14.8 Å². The van der Waals surface area contributed by atoms with E-state index in [1.54, 1.807) is 20.3 Å². The van der Waals surface area contributed by atoms with E-state index in [1.165, 1.54) is 6.08 Å². The molecule has 92 valence electrons. The molecule has 0 saturated heterocycles. The minimum Gasteiger partial charge on any atom is -0.496 e. The van der Waals surface area contributed by atoms with Gasteiger partial charge in [-0.15, -0.1) is 0 Å².